The summed E-state index contributed by atoms with van der Waals surface area (Å²) in [5.74, 6) is -0.0814. The van der Waals surface area contributed by atoms with Crippen LogP contribution in [0.25, 0.3) is 0 Å². The minimum Gasteiger partial charge on any atom is -0.459 e. The number of nitrogens with one attached hydrogen (secondary N) is 1. The maximum atomic E-state index is 13.0. The van der Waals surface area contributed by atoms with Gasteiger partial charge in [-0.1, -0.05) is 19.9 Å². The molecule has 1 saturated heterocycles. The zero-order chi connectivity index (χ0) is 20.8. The van der Waals surface area contributed by atoms with Crippen molar-refractivity contribution in [1.82, 2.24) is 9.80 Å². The van der Waals surface area contributed by atoms with E-state index in [1.807, 2.05) is 13.8 Å². The van der Waals surface area contributed by atoms with Crippen molar-refractivity contribution >= 4 is 23.4 Å². The second kappa shape index (κ2) is 9.41. The summed E-state index contributed by atoms with van der Waals surface area (Å²) in [6, 6.07) is 10.3. The molecule has 1 aromatic carbocycles. The van der Waals surface area contributed by atoms with Crippen LogP contribution < -0.4 is 5.32 Å². The number of carbonyl (C=O) groups excluding carboxylic acids is 3. The van der Waals surface area contributed by atoms with Crippen LogP contribution in [0.2, 0.25) is 0 Å². The minimum absolute atomic E-state index is 0.0565. The third kappa shape index (κ3) is 5.04. The highest BCUT2D eigenvalue weighted by molar-refractivity contribution is 5.97. The number of benzene rings is 1. The molecular formula is C22H27N3O4. The van der Waals surface area contributed by atoms with Gasteiger partial charge in [-0.3, -0.25) is 14.4 Å². The predicted octanol–water partition coefficient (Wildman–Crippen LogP) is 3.25. The predicted molar refractivity (Wildman–Crippen MR) is 110 cm³/mol. The molecule has 29 heavy (non-hydrogen) atoms. The fraction of sp³-hybridized carbons (Fsp3) is 0.409. The molecule has 7 heteroatoms. The number of nitrogens with zero attached hydrogens (tertiary/aromatic N) is 2. The van der Waals surface area contributed by atoms with Crippen LogP contribution in [0, 0.1) is 5.92 Å². The zero-order valence-electron chi connectivity index (χ0n) is 16.9. The van der Waals surface area contributed by atoms with E-state index < -0.39 is 0 Å². The van der Waals surface area contributed by atoms with Crippen LogP contribution in [-0.2, 0) is 4.79 Å². The Kier molecular flexibility index (Phi) is 6.69. The summed E-state index contributed by atoms with van der Waals surface area (Å²) in [7, 11) is 0. The third-order valence-electron chi connectivity index (χ3n) is 5.24. The molecule has 1 aliphatic heterocycles. The van der Waals surface area contributed by atoms with Crippen molar-refractivity contribution in [1.29, 1.82) is 0 Å². The van der Waals surface area contributed by atoms with Crippen LogP contribution in [-0.4, -0.2) is 53.7 Å². The molecule has 0 spiro atoms. The van der Waals surface area contributed by atoms with E-state index in [-0.39, 0.29) is 23.6 Å². The Hall–Kier alpha value is -3.09. The molecule has 1 N–H and O–H groups in total. The molecule has 7 nitrogen and oxygen atoms in total. The van der Waals surface area contributed by atoms with Crippen LogP contribution in [0.5, 0.6) is 0 Å². The maximum Gasteiger partial charge on any atom is 0.289 e. The summed E-state index contributed by atoms with van der Waals surface area (Å²) < 4.78 is 5.20. The van der Waals surface area contributed by atoms with Gasteiger partial charge in [0.25, 0.3) is 11.8 Å². The summed E-state index contributed by atoms with van der Waals surface area (Å²) in [5.41, 5.74) is 1.14. The van der Waals surface area contributed by atoms with E-state index in [0.717, 1.165) is 6.42 Å². The molecule has 0 aliphatic carbocycles. The lowest BCUT2D eigenvalue weighted by atomic mass is 10.1. The monoisotopic (exact) mass is 397 g/mol. The molecule has 1 fully saturated rings. The lowest BCUT2D eigenvalue weighted by Crippen LogP contribution is -2.37. The molecule has 1 aliphatic rings. The largest absolute Gasteiger partial charge is 0.459 e. The van der Waals surface area contributed by atoms with Gasteiger partial charge in [0.15, 0.2) is 5.76 Å². The first-order valence-electron chi connectivity index (χ1n) is 10.0. The molecule has 154 valence electrons. The maximum absolute atomic E-state index is 13.0. The third-order valence-corrected chi connectivity index (χ3v) is 5.24. The Morgan fingerprint density at radius 1 is 1.03 bits per heavy atom. The molecular weight excluding hydrogens is 370 g/mol. The smallest absolute Gasteiger partial charge is 0.289 e. The van der Waals surface area contributed by atoms with Crippen LogP contribution in [0.4, 0.5) is 5.69 Å². The standard InChI is InChI=1S/C22H27N3O4/c1-3-16(2)20(26)23-18-8-4-7-17(15-18)21(27)24-10-6-11-25(13-12-24)22(28)19-9-5-14-29-19/h4-5,7-9,14-16H,3,6,10-13H2,1-2H3,(H,23,26). The quantitative estimate of drug-likeness (QED) is 0.840. The van der Waals surface area contributed by atoms with Crippen molar-refractivity contribution in [2.45, 2.75) is 26.7 Å². The topological polar surface area (TPSA) is 82.9 Å². The van der Waals surface area contributed by atoms with E-state index in [9.17, 15) is 14.4 Å². The number of hydrogen-bond acceptors (Lipinski definition) is 4. The van der Waals surface area contributed by atoms with Gasteiger partial charge >= 0.3 is 0 Å². The average Bonchev–Trinajstić information content (AvgIpc) is 3.17. The van der Waals surface area contributed by atoms with Crippen LogP contribution in [0.3, 0.4) is 0 Å². The summed E-state index contributed by atoms with van der Waals surface area (Å²) in [4.78, 5) is 41.0. The minimum atomic E-state index is -0.154. The van der Waals surface area contributed by atoms with Gasteiger partial charge in [-0.05, 0) is 43.2 Å². The number of anilines is 1. The first-order chi connectivity index (χ1) is 14.0. The summed E-state index contributed by atoms with van der Waals surface area (Å²) >= 11 is 0. The molecule has 1 atom stereocenters. The Labute approximate surface area is 170 Å². The molecule has 1 aromatic heterocycles. The van der Waals surface area contributed by atoms with Gasteiger partial charge in [-0.2, -0.15) is 0 Å². The molecule has 2 heterocycles. The van der Waals surface area contributed by atoms with E-state index in [1.54, 1.807) is 46.2 Å². The van der Waals surface area contributed by atoms with Crippen molar-refractivity contribution < 1.29 is 18.8 Å². The van der Waals surface area contributed by atoms with Gasteiger partial charge in [0.1, 0.15) is 0 Å². The van der Waals surface area contributed by atoms with Gasteiger partial charge in [0.05, 0.1) is 6.26 Å². The first kappa shape index (κ1) is 20.6. The van der Waals surface area contributed by atoms with Gasteiger partial charge < -0.3 is 19.5 Å². The summed E-state index contributed by atoms with van der Waals surface area (Å²) in [5, 5.41) is 2.87. The summed E-state index contributed by atoms with van der Waals surface area (Å²) in [6.07, 6.45) is 2.93. The second-order valence-electron chi connectivity index (χ2n) is 7.29. The highest BCUT2D eigenvalue weighted by Gasteiger charge is 2.25. The summed E-state index contributed by atoms with van der Waals surface area (Å²) in [6.45, 7) is 5.89. The van der Waals surface area contributed by atoms with Crippen molar-refractivity contribution in [2.24, 2.45) is 5.92 Å². The Bertz CT molecular complexity index is 863. The van der Waals surface area contributed by atoms with Crippen LogP contribution >= 0.6 is 0 Å². The SMILES string of the molecule is CCC(C)C(=O)Nc1cccc(C(=O)N2CCCN(C(=O)c3ccco3)CC2)c1. The Balaban J connectivity index is 1.64. The number of furan rings is 1. The van der Waals surface area contributed by atoms with Gasteiger partial charge in [-0.15, -0.1) is 0 Å². The Morgan fingerprint density at radius 3 is 2.41 bits per heavy atom. The molecule has 0 radical (unpaired) electrons. The fourth-order valence-corrected chi connectivity index (χ4v) is 3.24. The Morgan fingerprint density at radius 2 is 1.76 bits per heavy atom. The van der Waals surface area contributed by atoms with E-state index >= 15 is 0 Å². The van der Waals surface area contributed by atoms with E-state index in [2.05, 4.69) is 5.32 Å². The van der Waals surface area contributed by atoms with Gasteiger partial charge in [0, 0.05) is 43.3 Å². The van der Waals surface area contributed by atoms with Crippen LogP contribution in [0.1, 0.15) is 47.6 Å². The van der Waals surface area contributed by atoms with Gasteiger partial charge in [0.2, 0.25) is 5.91 Å². The lowest BCUT2D eigenvalue weighted by Gasteiger charge is -2.22. The second-order valence-corrected chi connectivity index (χ2v) is 7.29. The van der Waals surface area contributed by atoms with Crippen molar-refractivity contribution in [3.63, 3.8) is 0 Å². The first-order valence-corrected chi connectivity index (χ1v) is 10.0. The van der Waals surface area contributed by atoms with Crippen molar-refractivity contribution in [2.75, 3.05) is 31.5 Å². The molecule has 1 unspecified atom stereocenters. The van der Waals surface area contributed by atoms with E-state index in [0.29, 0.717) is 49.6 Å². The number of amides is 3. The van der Waals surface area contributed by atoms with E-state index in [1.165, 1.54) is 6.26 Å². The molecule has 0 bridgehead atoms. The van der Waals surface area contributed by atoms with Crippen LogP contribution in [0.15, 0.2) is 47.1 Å². The zero-order valence-corrected chi connectivity index (χ0v) is 16.9. The van der Waals surface area contributed by atoms with Crippen molar-refractivity contribution in [3.8, 4) is 0 Å². The number of rotatable bonds is 5. The van der Waals surface area contributed by atoms with Gasteiger partial charge in [-0.25, -0.2) is 0 Å². The molecule has 3 amide bonds. The lowest BCUT2D eigenvalue weighted by molar-refractivity contribution is -0.119. The molecule has 2 aromatic rings. The highest BCUT2D eigenvalue weighted by atomic mass is 16.3. The molecule has 0 saturated carbocycles. The number of hydrogen-bond donors (Lipinski definition) is 1. The highest BCUT2D eigenvalue weighted by Crippen LogP contribution is 2.17. The van der Waals surface area contributed by atoms with Crippen molar-refractivity contribution in [3.05, 3.63) is 54.0 Å². The average molecular weight is 397 g/mol. The fourth-order valence-electron chi connectivity index (χ4n) is 3.24. The number of carbonyl (C=O) groups is 3. The molecule has 3 rings (SSSR count). The van der Waals surface area contributed by atoms with E-state index in [4.69, 9.17) is 4.42 Å². The normalized spacial score (nSPS) is 15.5.